The number of rotatable bonds is 9. The standard InChI is InChI=1S/C17H23ClN4O4S/c1-13(17(23)20-7-4-9-21-10-8-19-12-21)22(27(3,24)25)14-5-6-16(26-2)15(18)11-14/h5-6,8,10-13H,4,7,9H2,1-3H3,(H,20,23). The Hall–Kier alpha value is -2.26. The van der Waals surface area contributed by atoms with Gasteiger partial charge in [0.2, 0.25) is 15.9 Å². The first kappa shape index (κ1) is 21.0. The molecule has 0 bridgehead atoms. The van der Waals surface area contributed by atoms with E-state index < -0.39 is 22.0 Å². The highest BCUT2D eigenvalue weighted by Gasteiger charge is 2.29. The number of methoxy groups -OCH3 is 1. The lowest BCUT2D eigenvalue weighted by Gasteiger charge is -2.28. The van der Waals surface area contributed by atoms with Gasteiger partial charge in [-0.2, -0.15) is 0 Å². The molecule has 1 amide bonds. The van der Waals surface area contributed by atoms with Crippen molar-refractivity contribution in [3.63, 3.8) is 0 Å². The maximum absolute atomic E-state index is 12.5. The van der Waals surface area contributed by atoms with Gasteiger partial charge in [0.15, 0.2) is 0 Å². The summed E-state index contributed by atoms with van der Waals surface area (Å²) in [5.41, 5.74) is 0.296. The Morgan fingerprint density at radius 3 is 2.74 bits per heavy atom. The Bertz CT molecular complexity index is 871. The number of halogens is 1. The van der Waals surface area contributed by atoms with Crippen LogP contribution in [0.1, 0.15) is 13.3 Å². The lowest BCUT2D eigenvalue weighted by atomic mass is 10.2. The molecule has 1 atom stereocenters. The number of hydrogen-bond acceptors (Lipinski definition) is 5. The normalized spacial score (nSPS) is 12.4. The number of amides is 1. The van der Waals surface area contributed by atoms with Crippen molar-refractivity contribution in [1.29, 1.82) is 0 Å². The Balaban J connectivity index is 2.06. The van der Waals surface area contributed by atoms with Crippen molar-refractivity contribution in [2.24, 2.45) is 0 Å². The maximum atomic E-state index is 12.5. The summed E-state index contributed by atoms with van der Waals surface area (Å²) in [4.78, 5) is 16.4. The van der Waals surface area contributed by atoms with Gasteiger partial charge >= 0.3 is 0 Å². The van der Waals surface area contributed by atoms with Gasteiger partial charge in [-0.05, 0) is 31.5 Å². The van der Waals surface area contributed by atoms with Crippen LogP contribution >= 0.6 is 11.6 Å². The van der Waals surface area contributed by atoms with E-state index in [0.29, 0.717) is 30.9 Å². The zero-order valence-corrected chi connectivity index (χ0v) is 17.0. The molecule has 0 saturated heterocycles. The van der Waals surface area contributed by atoms with Gasteiger partial charge < -0.3 is 14.6 Å². The van der Waals surface area contributed by atoms with Crippen molar-refractivity contribution >= 4 is 33.2 Å². The molecule has 1 N–H and O–H groups in total. The van der Waals surface area contributed by atoms with E-state index in [9.17, 15) is 13.2 Å². The first-order valence-electron chi connectivity index (χ1n) is 8.30. The number of aromatic nitrogens is 2. The third-order valence-electron chi connectivity index (χ3n) is 3.93. The van der Waals surface area contributed by atoms with Crippen LogP contribution in [0.2, 0.25) is 5.02 Å². The number of carbonyl (C=O) groups excluding carboxylic acids is 1. The van der Waals surface area contributed by atoms with E-state index in [2.05, 4.69) is 10.3 Å². The van der Waals surface area contributed by atoms with Gasteiger partial charge in [-0.25, -0.2) is 13.4 Å². The molecule has 0 saturated carbocycles. The first-order chi connectivity index (χ1) is 12.7. The van der Waals surface area contributed by atoms with Crippen LogP contribution < -0.4 is 14.4 Å². The molecular formula is C17H23ClN4O4S. The quantitative estimate of drug-likeness (QED) is 0.632. The van der Waals surface area contributed by atoms with E-state index in [1.165, 1.54) is 20.1 Å². The fourth-order valence-corrected chi connectivity index (χ4v) is 4.06. The molecule has 0 fully saturated rings. The van der Waals surface area contributed by atoms with Crippen molar-refractivity contribution < 1.29 is 17.9 Å². The van der Waals surface area contributed by atoms with Gasteiger partial charge in [0.1, 0.15) is 11.8 Å². The van der Waals surface area contributed by atoms with Crippen LogP contribution in [0.4, 0.5) is 5.69 Å². The molecule has 1 heterocycles. The molecule has 1 unspecified atom stereocenters. The van der Waals surface area contributed by atoms with E-state index >= 15 is 0 Å². The fraction of sp³-hybridized carbons (Fsp3) is 0.412. The lowest BCUT2D eigenvalue weighted by Crippen LogP contribution is -2.48. The largest absolute Gasteiger partial charge is 0.495 e. The smallest absolute Gasteiger partial charge is 0.243 e. The van der Waals surface area contributed by atoms with Crippen molar-refractivity contribution in [1.82, 2.24) is 14.9 Å². The van der Waals surface area contributed by atoms with Gasteiger partial charge in [0.25, 0.3) is 0 Å². The fourth-order valence-electron chi connectivity index (χ4n) is 2.64. The molecule has 0 radical (unpaired) electrons. The molecule has 8 nitrogen and oxygen atoms in total. The topological polar surface area (TPSA) is 93.5 Å². The van der Waals surface area contributed by atoms with Crippen LogP contribution in [0.15, 0.2) is 36.9 Å². The summed E-state index contributed by atoms with van der Waals surface area (Å²) in [6.07, 6.45) is 6.97. The van der Waals surface area contributed by atoms with E-state index in [4.69, 9.17) is 16.3 Å². The summed E-state index contributed by atoms with van der Waals surface area (Å²) in [5, 5.41) is 3.03. The van der Waals surface area contributed by atoms with Crippen LogP contribution in [0.3, 0.4) is 0 Å². The van der Waals surface area contributed by atoms with E-state index in [-0.39, 0.29) is 5.02 Å². The number of ether oxygens (including phenoxy) is 1. The summed E-state index contributed by atoms with van der Waals surface area (Å²) in [6, 6.07) is 3.64. The van der Waals surface area contributed by atoms with E-state index in [0.717, 1.165) is 10.6 Å². The van der Waals surface area contributed by atoms with E-state index in [1.807, 2.05) is 10.8 Å². The van der Waals surface area contributed by atoms with Gasteiger partial charge in [0, 0.05) is 25.5 Å². The van der Waals surface area contributed by atoms with Crippen LogP contribution in [0, 0.1) is 0 Å². The number of anilines is 1. The Morgan fingerprint density at radius 1 is 1.44 bits per heavy atom. The Kier molecular flexibility index (Phi) is 7.09. The molecule has 1 aromatic heterocycles. The van der Waals surface area contributed by atoms with Gasteiger partial charge in [-0.15, -0.1) is 0 Å². The SMILES string of the molecule is COc1ccc(N(C(C)C(=O)NCCCn2ccnc2)S(C)(=O)=O)cc1Cl. The number of aryl methyl sites for hydroxylation is 1. The predicted molar refractivity (Wildman–Crippen MR) is 105 cm³/mol. The molecule has 1 aromatic carbocycles. The minimum Gasteiger partial charge on any atom is -0.495 e. The number of nitrogens with one attached hydrogen (secondary N) is 1. The second-order valence-corrected chi connectivity index (χ2v) is 8.27. The van der Waals surface area contributed by atoms with Gasteiger partial charge in [-0.1, -0.05) is 11.6 Å². The summed E-state index contributed by atoms with van der Waals surface area (Å²) in [5.74, 6) is 0.0310. The van der Waals surface area contributed by atoms with Crippen molar-refractivity contribution in [2.75, 3.05) is 24.2 Å². The van der Waals surface area contributed by atoms with Crippen molar-refractivity contribution in [2.45, 2.75) is 25.9 Å². The van der Waals surface area contributed by atoms with Crippen LogP contribution in [-0.4, -0.2) is 49.8 Å². The number of nitrogens with zero attached hydrogens (tertiary/aromatic N) is 3. The predicted octanol–water partition coefficient (Wildman–Crippen LogP) is 1.91. The Labute approximate surface area is 164 Å². The van der Waals surface area contributed by atoms with Crippen molar-refractivity contribution in [3.8, 4) is 5.75 Å². The highest BCUT2D eigenvalue weighted by atomic mass is 35.5. The molecule has 0 spiro atoms. The third-order valence-corrected chi connectivity index (χ3v) is 5.47. The van der Waals surface area contributed by atoms with Crippen LogP contribution in [0.25, 0.3) is 0 Å². The monoisotopic (exact) mass is 414 g/mol. The van der Waals surface area contributed by atoms with Crippen molar-refractivity contribution in [3.05, 3.63) is 41.9 Å². The van der Waals surface area contributed by atoms with E-state index in [1.54, 1.807) is 24.7 Å². The highest BCUT2D eigenvalue weighted by Crippen LogP contribution is 2.31. The maximum Gasteiger partial charge on any atom is 0.243 e. The zero-order chi connectivity index (χ0) is 20.0. The molecular weight excluding hydrogens is 392 g/mol. The zero-order valence-electron chi connectivity index (χ0n) is 15.4. The Morgan fingerprint density at radius 2 is 2.19 bits per heavy atom. The molecule has 0 aliphatic carbocycles. The number of benzene rings is 1. The molecule has 0 aliphatic heterocycles. The number of carbonyl (C=O) groups is 1. The first-order valence-corrected chi connectivity index (χ1v) is 10.5. The molecule has 27 heavy (non-hydrogen) atoms. The van der Waals surface area contributed by atoms with Gasteiger partial charge in [0.05, 0.1) is 30.4 Å². The highest BCUT2D eigenvalue weighted by molar-refractivity contribution is 7.92. The molecule has 0 aliphatic rings. The lowest BCUT2D eigenvalue weighted by molar-refractivity contribution is -0.121. The number of sulfonamides is 1. The minimum atomic E-state index is -3.70. The molecule has 2 rings (SSSR count). The summed E-state index contributed by atoms with van der Waals surface area (Å²) < 4.78 is 32.6. The molecule has 2 aromatic rings. The van der Waals surface area contributed by atoms with Crippen LogP contribution in [0.5, 0.6) is 5.75 Å². The third kappa shape index (κ3) is 5.61. The number of hydrogen-bond donors (Lipinski definition) is 1. The summed E-state index contributed by atoms with van der Waals surface area (Å²) in [7, 11) is -2.24. The number of imidazole rings is 1. The summed E-state index contributed by atoms with van der Waals surface area (Å²) in [6.45, 7) is 2.66. The second kappa shape index (κ2) is 9.09. The molecule has 148 valence electrons. The minimum absolute atomic E-state index is 0.261. The average molecular weight is 415 g/mol. The van der Waals surface area contributed by atoms with Gasteiger partial charge in [-0.3, -0.25) is 9.10 Å². The average Bonchev–Trinajstić information content (AvgIpc) is 3.11. The second-order valence-electron chi connectivity index (χ2n) is 6.00. The molecule has 10 heteroatoms. The van der Waals surface area contributed by atoms with Crippen LogP contribution in [-0.2, 0) is 21.4 Å². The summed E-state index contributed by atoms with van der Waals surface area (Å²) >= 11 is 6.10.